The minimum Gasteiger partial charge on any atom is -0.299 e. The van der Waals surface area contributed by atoms with Gasteiger partial charge in [0.1, 0.15) is 6.17 Å². The molecule has 0 aliphatic heterocycles. The van der Waals surface area contributed by atoms with Crippen LogP contribution in [0, 0.1) is 6.54 Å². The van der Waals surface area contributed by atoms with Crippen LogP contribution in [0.2, 0.25) is 0 Å². The maximum atomic E-state index is 10.6. The van der Waals surface area contributed by atoms with Crippen molar-refractivity contribution in [2.24, 2.45) is 0 Å². The molecule has 0 aliphatic rings. The standard InChI is InChI=1S/C6H13N2O/c1-4-8-6(7-3)5(2)9/h4,6-8H,1-3H3. The Hall–Kier alpha value is -0.410. The van der Waals surface area contributed by atoms with E-state index >= 15 is 0 Å². The van der Waals surface area contributed by atoms with Crippen LogP contribution in [0.25, 0.3) is 0 Å². The van der Waals surface area contributed by atoms with Crippen LogP contribution in [0.5, 0.6) is 0 Å². The number of hydrogen-bond acceptors (Lipinski definition) is 3. The average Bonchev–Trinajstić information content (AvgIpc) is 1.82. The molecule has 0 amide bonds. The number of nitrogens with one attached hydrogen (secondary N) is 2. The van der Waals surface area contributed by atoms with Gasteiger partial charge in [0.25, 0.3) is 0 Å². The molecule has 0 aromatic rings. The first-order valence-electron chi connectivity index (χ1n) is 2.94. The highest BCUT2D eigenvalue weighted by Crippen LogP contribution is 1.78. The Morgan fingerprint density at radius 1 is 1.67 bits per heavy atom. The van der Waals surface area contributed by atoms with Gasteiger partial charge in [-0.25, -0.2) is 0 Å². The van der Waals surface area contributed by atoms with Gasteiger partial charge in [0, 0.05) is 6.54 Å². The van der Waals surface area contributed by atoms with Gasteiger partial charge in [0.15, 0.2) is 5.78 Å². The third-order valence-electron chi connectivity index (χ3n) is 1.03. The molecule has 1 atom stereocenters. The molecule has 0 bridgehead atoms. The second-order valence-electron chi connectivity index (χ2n) is 1.79. The Bertz CT molecular complexity index is 93.1. The van der Waals surface area contributed by atoms with Crippen LogP contribution in [0.3, 0.4) is 0 Å². The van der Waals surface area contributed by atoms with Crippen LogP contribution in [-0.4, -0.2) is 19.0 Å². The summed E-state index contributed by atoms with van der Waals surface area (Å²) < 4.78 is 0. The lowest BCUT2D eigenvalue weighted by molar-refractivity contribution is -0.119. The summed E-state index contributed by atoms with van der Waals surface area (Å²) in [5, 5.41) is 5.66. The molecule has 0 aromatic heterocycles. The van der Waals surface area contributed by atoms with E-state index in [2.05, 4.69) is 10.6 Å². The van der Waals surface area contributed by atoms with Crippen molar-refractivity contribution in [3.63, 3.8) is 0 Å². The van der Waals surface area contributed by atoms with Crippen LogP contribution < -0.4 is 10.6 Å². The molecule has 0 saturated heterocycles. The third kappa shape index (κ3) is 3.21. The maximum absolute atomic E-state index is 10.6. The van der Waals surface area contributed by atoms with E-state index in [1.165, 1.54) is 6.92 Å². The van der Waals surface area contributed by atoms with Gasteiger partial charge in [0.05, 0.1) is 0 Å². The van der Waals surface area contributed by atoms with Crippen LogP contribution in [0.4, 0.5) is 0 Å². The summed E-state index contributed by atoms with van der Waals surface area (Å²) in [7, 11) is 1.74. The molecule has 3 nitrogen and oxygen atoms in total. The highest BCUT2D eigenvalue weighted by atomic mass is 16.1. The SMILES string of the molecule is C[CH]NC(NC)C(C)=O. The quantitative estimate of drug-likeness (QED) is 0.520. The van der Waals surface area contributed by atoms with E-state index in [1.54, 1.807) is 13.6 Å². The monoisotopic (exact) mass is 129 g/mol. The number of Topliss-reactive ketones (excluding diaryl/α,β-unsaturated/α-hetero) is 1. The van der Waals surface area contributed by atoms with Gasteiger partial charge in [-0.15, -0.1) is 0 Å². The molecular weight excluding hydrogens is 116 g/mol. The van der Waals surface area contributed by atoms with E-state index in [0.29, 0.717) is 0 Å². The highest BCUT2D eigenvalue weighted by Gasteiger charge is 2.07. The van der Waals surface area contributed by atoms with Crippen molar-refractivity contribution in [3.05, 3.63) is 6.54 Å². The van der Waals surface area contributed by atoms with Gasteiger partial charge < -0.3 is 0 Å². The summed E-state index contributed by atoms with van der Waals surface area (Å²) >= 11 is 0. The van der Waals surface area contributed by atoms with E-state index in [0.717, 1.165) is 0 Å². The summed E-state index contributed by atoms with van der Waals surface area (Å²) in [5.74, 6) is 0.0931. The van der Waals surface area contributed by atoms with Gasteiger partial charge in [-0.3, -0.25) is 15.4 Å². The van der Waals surface area contributed by atoms with Gasteiger partial charge in [-0.1, -0.05) is 0 Å². The maximum Gasteiger partial charge on any atom is 0.161 e. The van der Waals surface area contributed by atoms with Gasteiger partial charge in [0.2, 0.25) is 0 Å². The largest absolute Gasteiger partial charge is 0.299 e. The molecule has 0 aromatic carbocycles. The van der Waals surface area contributed by atoms with Crippen LogP contribution in [0.15, 0.2) is 0 Å². The van der Waals surface area contributed by atoms with Crippen molar-refractivity contribution in [2.45, 2.75) is 20.0 Å². The van der Waals surface area contributed by atoms with Crippen molar-refractivity contribution in [1.82, 2.24) is 10.6 Å². The first-order valence-corrected chi connectivity index (χ1v) is 2.94. The van der Waals surface area contributed by atoms with Crippen LogP contribution in [0.1, 0.15) is 13.8 Å². The molecular formula is C6H13N2O. The molecule has 1 unspecified atom stereocenters. The predicted octanol–water partition coefficient (Wildman–Crippen LogP) is -0.108. The number of rotatable bonds is 4. The molecule has 1 radical (unpaired) electrons. The van der Waals surface area contributed by atoms with Gasteiger partial charge in [-0.05, 0) is 20.9 Å². The summed E-state index contributed by atoms with van der Waals surface area (Å²) in [6, 6.07) is 0. The minimum absolute atomic E-state index is 0.0931. The molecule has 9 heavy (non-hydrogen) atoms. The molecule has 0 spiro atoms. The van der Waals surface area contributed by atoms with E-state index in [9.17, 15) is 4.79 Å². The second-order valence-corrected chi connectivity index (χ2v) is 1.79. The number of likely N-dealkylation sites (N-methyl/N-ethyl adjacent to an activating group) is 1. The van der Waals surface area contributed by atoms with Gasteiger partial charge in [-0.2, -0.15) is 0 Å². The Kier molecular flexibility index (Phi) is 4.26. The van der Waals surface area contributed by atoms with Crippen LogP contribution >= 0.6 is 0 Å². The van der Waals surface area contributed by atoms with E-state index in [-0.39, 0.29) is 11.9 Å². The molecule has 0 saturated carbocycles. The molecule has 0 rings (SSSR count). The van der Waals surface area contributed by atoms with Crippen molar-refractivity contribution in [2.75, 3.05) is 7.05 Å². The first-order chi connectivity index (χ1) is 4.22. The lowest BCUT2D eigenvalue weighted by Crippen LogP contribution is -2.43. The molecule has 53 valence electrons. The van der Waals surface area contributed by atoms with Gasteiger partial charge >= 0.3 is 0 Å². The van der Waals surface area contributed by atoms with E-state index < -0.39 is 0 Å². The fourth-order valence-electron chi connectivity index (χ4n) is 0.571. The molecule has 3 heteroatoms. The number of ketones is 1. The second kappa shape index (κ2) is 4.47. The molecule has 0 fully saturated rings. The third-order valence-corrected chi connectivity index (χ3v) is 1.03. The highest BCUT2D eigenvalue weighted by molar-refractivity contribution is 5.80. The zero-order chi connectivity index (χ0) is 7.28. The summed E-state index contributed by atoms with van der Waals surface area (Å²) in [5.41, 5.74) is 0. The fraction of sp³-hybridized carbons (Fsp3) is 0.667. The van der Waals surface area contributed by atoms with Crippen LogP contribution in [-0.2, 0) is 4.79 Å². The summed E-state index contributed by atoms with van der Waals surface area (Å²) in [6.07, 6.45) is -0.227. The zero-order valence-electron chi connectivity index (χ0n) is 6.06. The normalized spacial score (nSPS) is 13.2. The smallest absolute Gasteiger partial charge is 0.161 e. The van der Waals surface area contributed by atoms with Crippen molar-refractivity contribution >= 4 is 5.78 Å². The van der Waals surface area contributed by atoms with E-state index in [4.69, 9.17) is 0 Å². The summed E-state index contributed by atoms with van der Waals surface area (Å²) in [6.45, 7) is 5.12. The molecule has 2 N–H and O–H groups in total. The first kappa shape index (κ1) is 8.59. The number of hydrogen-bond donors (Lipinski definition) is 2. The predicted molar refractivity (Wildman–Crippen MR) is 36.6 cm³/mol. The average molecular weight is 129 g/mol. The lowest BCUT2D eigenvalue weighted by atomic mass is 10.3. The number of carbonyl (C=O) groups is 1. The van der Waals surface area contributed by atoms with Crippen molar-refractivity contribution < 1.29 is 4.79 Å². The summed E-state index contributed by atoms with van der Waals surface area (Å²) in [4.78, 5) is 10.6. The topological polar surface area (TPSA) is 41.1 Å². The Morgan fingerprint density at radius 3 is 2.33 bits per heavy atom. The molecule has 0 heterocycles. The molecule has 0 aliphatic carbocycles. The number of carbonyl (C=O) groups excluding carboxylic acids is 1. The zero-order valence-corrected chi connectivity index (χ0v) is 6.06. The Morgan fingerprint density at radius 2 is 2.22 bits per heavy atom. The van der Waals surface area contributed by atoms with E-state index in [1.807, 2.05) is 6.92 Å². The lowest BCUT2D eigenvalue weighted by Gasteiger charge is -2.11. The Balaban J connectivity index is 3.54. The minimum atomic E-state index is -0.227. The Labute approximate surface area is 55.8 Å². The van der Waals surface area contributed by atoms with Crippen molar-refractivity contribution in [1.29, 1.82) is 0 Å². The fourth-order valence-corrected chi connectivity index (χ4v) is 0.571. The van der Waals surface area contributed by atoms with Crippen molar-refractivity contribution in [3.8, 4) is 0 Å².